The molecule has 0 saturated heterocycles. The van der Waals surface area contributed by atoms with Gasteiger partial charge in [0, 0.05) is 35.1 Å². The van der Waals surface area contributed by atoms with E-state index in [9.17, 15) is 0 Å². The number of furan rings is 1. The van der Waals surface area contributed by atoms with Crippen molar-refractivity contribution in [3.63, 3.8) is 0 Å². The predicted molar refractivity (Wildman–Crippen MR) is 113 cm³/mol. The minimum Gasteiger partial charge on any atom is -0.435 e. The molecule has 0 N–H and O–H groups in total. The average Bonchev–Trinajstić information content (AvgIpc) is 3.33. The fourth-order valence-electron chi connectivity index (χ4n) is 3.89. The van der Waals surface area contributed by atoms with E-state index in [-0.39, 0.29) is 0 Å². The summed E-state index contributed by atoms with van der Waals surface area (Å²) < 4.78 is 6.19. The summed E-state index contributed by atoms with van der Waals surface area (Å²) in [4.78, 5) is 17.7. The molecule has 6 nitrogen and oxygen atoms in total. The third-order valence-corrected chi connectivity index (χ3v) is 5.22. The third-order valence-electron chi connectivity index (χ3n) is 5.22. The maximum Gasteiger partial charge on any atom is 0.227 e. The van der Waals surface area contributed by atoms with Crippen molar-refractivity contribution in [1.29, 1.82) is 0 Å². The van der Waals surface area contributed by atoms with Crippen molar-refractivity contribution in [3.8, 4) is 0 Å². The normalized spacial score (nSPS) is 13.4. The fraction of sp³-hybridized carbons (Fsp3) is 0.0435. The molecule has 6 rings (SSSR count). The van der Waals surface area contributed by atoms with Gasteiger partial charge in [-0.3, -0.25) is 9.80 Å². The Morgan fingerprint density at radius 3 is 2.34 bits per heavy atom. The molecule has 0 amide bonds. The van der Waals surface area contributed by atoms with Gasteiger partial charge in [0.15, 0.2) is 23.9 Å². The van der Waals surface area contributed by atoms with Gasteiger partial charge >= 0.3 is 0 Å². The number of hydrogen-bond donors (Lipinski definition) is 0. The summed E-state index contributed by atoms with van der Waals surface area (Å²) in [7, 11) is 0. The fourth-order valence-corrected chi connectivity index (χ4v) is 3.89. The number of aromatic nitrogens is 3. The first-order chi connectivity index (χ1) is 14.3. The SMILES string of the molecule is Cc1ccc2c(oc3ncccc32)c1N1[CH]N(c2ccccc2)c2nccnc21. The van der Waals surface area contributed by atoms with Crippen LogP contribution >= 0.6 is 0 Å². The molecule has 29 heavy (non-hydrogen) atoms. The van der Waals surface area contributed by atoms with Gasteiger partial charge < -0.3 is 4.42 Å². The van der Waals surface area contributed by atoms with Crippen LogP contribution < -0.4 is 9.80 Å². The monoisotopic (exact) mass is 378 g/mol. The summed E-state index contributed by atoms with van der Waals surface area (Å²) in [6.07, 6.45) is 5.17. The highest BCUT2D eigenvalue weighted by molar-refractivity contribution is 6.10. The number of anilines is 4. The first-order valence-corrected chi connectivity index (χ1v) is 9.37. The van der Waals surface area contributed by atoms with E-state index in [0.717, 1.165) is 44.9 Å². The van der Waals surface area contributed by atoms with Gasteiger partial charge in [-0.1, -0.05) is 30.3 Å². The van der Waals surface area contributed by atoms with E-state index in [2.05, 4.69) is 51.0 Å². The molecule has 3 aromatic heterocycles. The summed E-state index contributed by atoms with van der Waals surface area (Å²) in [5.41, 5.74) is 4.47. The summed E-state index contributed by atoms with van der Waals surface area (Å²) in [5.74, 6) is 1.55. The first kappa shape index (κ1) is 16.1. The average molecular weight is 378 g/mol. The number of rotatable bonds is 2. The van der Waals surface area contributed by atoms with Crippen LogP contribution in [-0.4, -0.2) is 15.0 Å². The maximum absolute atomic E-state index is 6.19. The molecule has 0 atom stereocenters. The van der Waals surface area contributed by atoms with Crippen LogP contribution in [0.5, 0.6) is 0 Å². The number of hydrogen-bond acceptors (Lipinski definition) is 6. The molecule has 0 saturated carbocycles. The van der Waals surface area contributed by atoms with E-state index in [0.29, 0.717) is 5.71 Å². The Bertz CT molecular complexity index is 1360. The number of aryl methyl sites for hydroxylation is 1. The molecule has 5 aromatic rings. The molecular weight excluding hydrogens is 362 g/mol. The van der Waals surface area contributed by atoms with Gasteiger partial charge in [0.25, 0.3) is 0 Å². The van der Waals surface area contributed by atoms with E-state index in [1.165, 1.54) is 0 Å². The smallest absolute Gasteiger partial charge is 0.227 e. The van der Waals surface area contributed by atoms with Crippen molar-refractivity contribution in [2.45, 2.75) is 6.92 Å². The van der Waals surface area contributed by atoms with Crippen LogP contribution in [-0.2, 0) is 0 Å². The lowest BCUT2D eigenvalue weighted by molar-refractivity contribution is 0.653. The van der Waals surface area contributed by atoms with E-state index in [1.807, 2.05) is 41.9 Å². The molecule has 0 spiro atoms. The van der Waals surface area contributed by atoms with E-state index < -0.39 is 0 Å². The molecule has 0 unspecified atom stereocenters. The minimum absolute atomic E-state index is 0.632. The Labute approximate surface area is 167 Å². The van der Waals surface area contributed by atoms with Crippen LogP contribution in [0.25, 0.3) is 22.1 Å². The number of benzene rings is 2. The van der Waals surface area contributed by atoms with Crippen LogP contribution in [0, 0.1) is 13.6 Å². The van der Waals surface area contributed by atoms with Gasteiger partial charge in [0.05, 0.1) is 5.69 Å². The topological polar surface area (TPSA) is 58.3 Å². The second kappa shape index (κ2) is 6.04. The third kappa shape index (κ3) is 2.32. The Morgan fingerprint density at radius 2 is 1.52 bits per heavy atom. The second-order valence-corrected chi connectivity index (χ2v) is 6.96. The largest absolute Gasteiger partial charge is 0.435 e. The molecule has 1 aliphatic rings. The van der Waals surface area contributed by atoms with Gasteiger partial charge in [-0.05, 0) is 36.8 Å². The maximum atomic E-state index is 6.19. The molecule has 6 heteroatoms. The van der Waals surface area contributed by atoms with Gasteiger partial charge in [-0.25, -0.2) is 15.0 Å². The van der Waals surface area contributed by atoms with Gasteiger partial charge in [-0.15, -0.1) is 0 Å². The number of nitrogens with zero attached hydrogens (tertiary/aromatic N) is 5. The number of pyridine rings is 1. The van der Waals surface area contributed by atoms with E-state index >= 15 is 0 Å². The van der Waals surface area contributed by atoms with Crippen LogP contribution in [0.15, 0.2) is 77.6 Å². The molecule has 4 heterocycles. The molecule has 139 valence electrons. The second-order valence-electron chi connectivity index (χ2n) is 6.96. The molecule has 2 aromatic carbocycles. The van der Waals surface area contributed by atoms with Crippen LogP contribution in [0.2, 0.25) is 0 Å². The van der Waals surface area contributed by atoms with Gasteiger partial charge in [0.1, 0.15) is 0 Å². The van der Waals surface area contributed by atoms with Crippen molar-refractivity contribution in [2.24, 2.45) is 0 Å². The predicted octanol–water partition coefficient (Wildman–Crippen LogP) is 5.49. The van der Waals surface area contributed by atoms with Crippen molar-refractivity contribution < 1.29 is 4.42 Å². The highest BCUT2D eigenvalue weighted by Gasteiger charge is 2.34. The molecule has 0 fully saturated rings. The van der Waals surface area contributed by atoms with Crippen molar-refractivity contribution in [2.75, 3.05) is 9.80 Å². The minimum atomic E-state index is 0.632. The lowest BCUT2D eigenvalue weighted by Crippen LogP contribution is -2.18. The van der Waals surface area contributed by atoms with Gasteiger partial charge in [0.2, 0.25) is 5.71 Å². The van der Waals surface area contributed by atoms with Crippen LogP contribution in [0.1, 0.15) is 5.56 Å². The lowest BCUT2D eigenvalue weighted by Gasteiger charge is -2.21. The Kier molecular flexibility index (Phi) is 3.34. The highest BCUT2D eigenvalue weighted by atomic mass is 16.3. The molecule has 1 radical (unpaired) electrons. The Hall–Kier alpha value is -3.93. The Balaban J connectivity index is 1.59. The lowest BCUT2D eigenvalue weighted by atomic mass is 10.1. The summed E-state index contributed by atoms with van der Waals surface area (Å²) >= 11 is 0. The quantitative estimate of drug-likeness (QED) is 0.405. The van der Waals surface area contributed by atoms with Crippen molar-refractivity contribution in [1.82, 2.24) is 15.0 Å². The van der Waals surface area contributed by atoms with E-state index in [1.54, 1.807) is 18.6 Å². The molecule has 0 bridgehead atoms. The summed E-state index contributed by atoms with van der Waals surface area (Å²) in [6.45, 7) is 4.09. The zero-order valence-corrected chi connectivity index (χ0v) is 15.6. The Morgan fingerprint density at radius 1 is 0.724 bits per heavy atom. The van der Waals surface area contributed by atoms with Gasteiger partial charge in [-0.2, -0.15) is 0 Å². The standard InChI is InChI=1S/C23H16N5O/c1-15-9-10-17-18-8-5-11-26-23(18)29-20(17)19(15)28-14-27(16-6-3-2-4-7-16)21-22(28)25-13-12-24-21/h2-14H,1H3. The first-order valence-electron chi connectivity index (χ1n) is 9.37. The highest BCUT2D eigenvalue weighted by Crippen LogP contribution is 2.47. The van der Waals surface area contributed by atoms with Crippen molar-refractivity contribution in [3.05, 3.63) is 85.4 Å². The zero-order valence-electron chi connectivity index (χ0n) is 15.6. The zero-order chi connectivity index (χ0) is 19.4. The molecule has 0 aliphatic carbocycles. The van der Waals surface area contributed by atoms with E-state index in [4.69, 9.17) is 4.42 Å². The van der Waals surface area contributed by atoms with Crippen LogP contribution in [0.4, 0.5) is 23.0 Å². The van der Waals surface area contributed by atoms with Crippen molar-refractivity contribution >= 4 is 45.1 Å². The van der Waals surface area contributed by atoms with Crippen LogP contribution in [0.3, 0.4) is 0 Å². The molecular formula is C23H16N5O. The summed E-state index contributed by atoms with van der Waals surface area (Å²) in [5, 5.41) is 2.04. The number of para-hydroxylation sites is 1. The number of fused-ring (bicyclic) bond motifs is 4. The summed E-state index contributed by atoms with van der Waals surface area (Å²) in [6, 6.07) is 18.3. The molecule has 1 aliphatic heterocycles.